The fourth-order valence-corrected chi connectivity index (χ4v) is 3.95. The molecule has 1 N–H and O–H groups in total. The molecule has 0 spiro atoms. The first kappa shape index (κ1) is 19.7. The van der Waals surface area contributed by atoms with E-state index >= 15 is 0 Å². The van der Waals surface area contributed by atoms with Crippen LogP contribution >= 0.6 is 34.7 Å². The van der Waals surface area contributed by atoms with E-state index in [2.05, 4.69) is 15.5 Å². The second-order valence-corrected chi connectivity index (χ2v) is 7.96. The molecule has 0 saturated carbocycles. The molecule has 0 radical (unpaired) electrons. The number of anilines is 1. The minimum Gasteiger partial charge on any atom is -0.296 e. The first-order chi connectivity index (χ1) is 12.8. The van der Waals surface area contributed by atoms with Gasteiger partial charge in [0.05, 0.1) is 5.56 Å². The lowest BCUT2D eigenvalue weighted by molar-refractivity contribution is -0.137. The van der Waals surface area contributed by atoms with Gasteiger partial charge in [-0.05, 0) is 35.9 Å². The number of alkyl halides is 3. The maximum atomic E-state index is 12.6. The van der Waals surface area contributed by atoms with Gasteiger partial charge in [-0.2, -0.15) is 13.2 Å². The van der Waals surface area contributed by atoms with E-state index in [-0.39, 0.29) is 5.91 Å². The van der Waals surface area contributed by atoms with Crippen molar-refractivity contribution in [3.63, 3.8) is 0 Å². The van der Waals surface area contributed by atoms with Crippen molar-refractivity contribution in [1.82, 2.24) is 10.2 Å². The van der Waals surface area contributed by atoms with E-state index < -0.39 is 11.7 Å². The Balaban J connectivity index is 1.57. The van der Waals surface area contributed by atoms with Crippen molar-refractivity contribution in [3.05, 3.63) is 70.2 Å². The zero-order valence-corrected chi connectivity index (χ0v) is 15.8. The summed E-state index contributed by atoms with van der Waals surface area (Å²) in [6.07, 6.45) is -4.35. The molecule has 0 bridgehead atoms. The van der Waals surface area contributed by atoms with Crippen LogP contribution in [0.3, 0.4) is 0 Å². The van der Waals surface area contributed by atoms with Gasteiger partial charge < -0.3 is 0 Å². The summed E-state index contributed by atoms with van der Waals surface area (Å²) in [6.45, 7) is 0. The highest BCUT2D eigenvalue weighted by Crippen LogP contribution is 2.31. The number of nitrogens with one attached hydrogen (secondary N) is 1. The van der Waals surface area contributed by atoms with Crippen LogP contribution in [0.4, 0.5) is 18.3 Å². The van der Waals surface area contributed by atoms with Gasteiger partial charge in [-0.1, -0.05) is 52.9 Å². The molecule has 3 aromatic rings. The molecule has 2 aromatic carbocycles. The summed E-state index contributed by atoms with van der Waals surface area (Å²) in [4.78, 5) is 12.1. The maximum Gasteiger partial charge on any atom is 0.416 e. The quantitative estimate of drug-likeness (QED) is 0.414. The van der Waals surface area contributed by atoms with E-state index in [1.54, 1.807) is 18.2 Å². The Morgan fingerprint density at radius 3 is 2.56 bits per heavy atom. The van der Waals surface area contributed by atoms with Crippen LogP contribution in [0.5, 0.6) is 0 Å². The Kier molecular flexibility index (Phi) is 6.03. The van der Waals surface area contributed by atoms with Crippen molar-refractivity contribution >= 4 is 45.7 Å². The summed E-state index contributed by atoms with van der Waals surface area (Å²) in [7, 11) is 0. The Labute approximate surface area is 165 Å². The molecule has 0 aliphatic heterocycles. The standard InChI is InChI=1S/C17H11ClF3N3OS2/c18-13-3-1-2-11(8-13)14(25)22-15-23-24-16(27-15)26-9-10-4-6-12(7-5-10)17(19,20)21/h1-8H,9H2,(H,22,23,25). The van der Waals surface area contributed by atoms with Crippen LogP contribution in [0, 0.1) is 0 Å². The Morgan fingerprint density at radius 1 is 1.15 bits per heavy atom. The topological polar surface area (TPSA) is 54.9 Å². The van der Waals surface area contributed by atoms with Crippen molar-refractivity contribution in [2.24, 2.45) is 0 Å². The monoisotopic (exact) mass is 429 g/mol. The summed E-state index contributed by atoms with van der Waals surface area (Å²) in [5, 5.41) is 11.3. The van der Waals surface area contributed by atoms with E-state index in [4.69, 9.17) is 11.6 Å². The molecular weight excluding hydrogens is 419 g/mol. The first-order valence-corrected chi connectivity index (χ1v) is 9.68. The smallest absolute Gasteiger partial charge is 0.296 e. The fraction of sp³-hybridized carbons (Fsp3) is 0.118. The molecule has 1 aromatic heterocycles. The van der Waals surface area contributed by atoms with E-state index in [1.165, 1.54) is 41.3 Å². The van der Waals surface area contributed by atoms with Crippen LogP contribution in [0.1, 0.15) is 21.5 Å². The average Bonchev–Trinajstić information content (AvgIpc) is 3.07. The van der Waals surface area contributed by atoms with Crippen LogP contribution in [-0.2, 0) is 11.9 Å². The fourth-order valence-electron chi connectivity index (χ4n) is 2.05. The predicted molar refractivity (Wildman–Crippen MR) is 100 cm³/mol. The number of aromatic nitrogens is 2. The molecule has 4 nitrogen and oxygen atoms in total. The maximum absolute atomic E-state index is 12.6. The van der Waals surface area contributed by atoms with Gasteiger partial charge in [-0.25, -0.2) is 0 Å². The minimum absolute atomic E-state index is 0.329. The summed E-state index contributed by atoms with van der Waals surface area (Å²) in [5.74, 6) is 0.0857. The number of rotatable bonds is 5. The van der Waals surface area contributed by atoms with Crippen molar-refractivity contribution in [2.45, 2.75) is 16.3 Å². The summed E-state index contributed by atoms with van der Waals surface area (Å²) in [6, 6.07) is 11.5. The zero-order chi connectivity index (χ0) is 19.4. The van der Waals surface area contributed by atoms with Crippen LogP contribution < -0.4 is 5.32 Å². The molecule has 140 valence electrons. The lowest BCUT2D eigenvalue weighted by atomic mass is 10.1. The normalized spacial score (nSPS) is 11.4. The molecule has 0 aliphatic carbocycles. The lowest BCUT2D eigenvalue weighted by Gasteiger charge is -2.06. The Bertz CT molecular complexity index is 945. The van der Waals surface area contributed by atoms with Crippen LogP contribution in [0.2, 0.25) is 5.02 Å². The van der Waals surface area contributed by atoms with E-state index in [1.807, 2.05) is 0 Å². The number of hydrogen-bond acceptors (Lipinski definition) is 5. The summed E-state index contributed by atoms with van der Waals surface area (Å²) < 4.78 is 38.3. The molecule has 1 heterocycles. The van der Waals surface area contributed by atoms with Gasteiger partial charge in [-0.3, -0.25) is 10.1 Å². The van der Waals surface area contributed by atoms with Crippen LogP contribution in [-0.4, -0.2) is 16.1 Å². The highest BCUT2D eigenvalue weighted by Gasteiger charge is 2.29. The van der Waals surface area contributed by atoms with Gasteiger partial charge in [-0.15, -0.1) is 10.2 Å². The molecule has 0 aliphatic rings. The third-order valence-corrected chi connectivity index (χ3v) is 5.64. The average molecular weight is 430 g/mol. The van der Waals surface area contributed by atoms with Crippen molar-refractivity contribution in [1.29, 1.82) is 0 Å². The molecule has 0 saturated heterocycles. The van der Waals surface area contributed by atoms with E-state index in [0.717, 1.165) is 17.7 Å². The van der Waals surface area contributed by atoms with Gasteiger partial charge in [0.2, 0.25) is 5.13 Å². The number of hydrogen-bond donors (Lipinski definition) is 1. The minimum atomic E-state index is -4.35. The number of carbonyl (C=O) groups is 1. The second-order valence-electron chi connectivity index (χ2n) is 5.32. The molecule has 0 unspecified atom stereocenters. The van der Waals surface area contributed by atoms with Crippen molar-refractivity contribution in [2.75, 3.05) is 5.32 Å². The van der Waals surface area contributed by atoms with Crippen molar-refractivity contribution in [3.8, 4) is 0 Å². The van der Waals surface area contributed by atoms with Crippen molar-refractivity contribution < 1.29 is 18.0 Å². The SMILES string of the molecule is O=C(Nc1nnc(SCc2ccc(C(F)(F)F)cc2)s1)c1cccc(Cl)c1. The second kappa shape index (κ2) is 8.28. The number of carbonyl (C=O) groups excluding carboxylic acids is 1. The van der Waals surface area contributed by atoms with Gasteiger partial charge in [0.15, 0.2) is 4.34 Å². The largest absolute Gasteiger partial charge is 0.416 e. The number of halogens is 4. The highest BCUT2D eigenvalue weighted by atomic mass is 35.5. The van der Waals surface area contributed by atoms with Gasteiger partial charge in [0.25, 0.3) is 5.91 Å². The molecule has 27 heavy (non-hydrogen) atoms. The zero-order valence-electron chi connectivity index (χ0n) is 13.5. The Hall–Kier alpha value is -2.10. The van der Waals surface area contributed by atoms with Gasteiger partial charge in [0.1, 0.15) is 0 Å². The number of amides is 1. The Morgan fingerprint density at radius 2 is 1.89 bits per heavy atom. The summed E-state index contributed by atoms with van der Waals surface area (Å²) >= 11 is 8.37. The number of benzene rings is 2. The predicted octanol–water partition coefficient (Wildman–Crippen LogP) is 5.75. The van der Waals surface area contributed by atoms with Gasteiger partial charge >= 0.3 is 6.18 Å². The van der Waals surface area contributed by atoms with E-state index in [9.17, 15) is 18.0 Å². The van der Waals surface area contributed by atoms with E-state index in [0.29, 0.717) is 25.8 Å². The molecule has 1 amide bonds. The molecular formula is C17H11ClF3N3OS2. The molecule has 10 heteroatoms. The lowest BCUT2D eigenvalue weighted by Crippen LogP contribution is -2.11. The first-order valence-electron chi connectivity index (χ1n) is 7.50. The van der Waals surface area contributed by atoms with Gasteiger partial charge in [0, 0.05) is 16.3 Å². The number of nitrogens with zero attached hydrogens (tertiary/aromatic N) is 2. The summed E-state index contributed by atoms with van der Waals surface area (Å²) in [5.41, 5.74) is 0.447. The highest BCUT2D eigenvalue weighted by molar-refractivity contribution is 8.00. The van der Waals surface area contributed by atoms with Crippen LogP contribution in [0.25, 0.3) is 0 Å². The molecule has 0 atom stereocenters. The van der Waals surface area contributed by atoms with Crippen LogP contribution in [0.15, 0.2) is 52.9 Å². The number of thioether (sulfide) groups is 1. The third-order valence-electron chi connectivity index (χ3n) is 3.36. The third kappa shape index (κ3) is 5.44. The molecule has 3 rings (SSSR count). The molecule has 0 fully saturated rings.